The summed E-state index contributed by atoms with van der Waals surface area (Å²) in [6.07, 6.45) is 0. The molecule has 4 rings (SSSR count). The van der Waals surface area contributed by atoms with E-state index in [1.54, 1.807) is 30.3 Å². The molecule has 27 heavy (non-hydrogen) atoms. The van der Waals surface area contributed by atoms with E-state index in [2.05, 4.69) is 5.32 Å². The summed E-state index contributed by atoms with van der Waals surface area (Å²) in [4.78, 5) is 12.5. The summed E-state index contributed by atoms with van der Waals surface area (Å²) in [7, 11) is 0. The van der Waals surface area contributed by atoms with Gasteiger partial charge in [-0.25, -0.2) is 0 Å². The Morgan fingerprint density at radius 3 is 2.63 bits per heavy atom. The van der Waals surface area contributed by atoms with Crippen LogP contribution in [0.3, 0.4) is 0 Å². The molecule has 0 fully saturated rings. The van der Waals surface area contributed by atoms with Gasteiger partial charge >= 0.3 is 0 Å². The molecular weight excluding hydrogens is 381 g/mol. The lowest BCUT2D eigenvalue weighted by Crippen LogP contribution is -2.22. The van der Waals surface area contributed by atoms with E-state index < -0.39 is 0 Å². The molecule has 0 unspecified atom stereocenters. The zero-order chi connectivity index (χ0) is 18.8. The number of rotatable bonds is 4. The van der Waals surface area contributed by atoms with Gasteiger partial charge in [0.25, 0.3) is 5.91 Å². The van der Waals surface area contributed by atoms with E-state index >= 15 is 0 Å². The number of hydrogen-bond acceptors (Lipinski definition) is 2. The highest BCUT2D eigenvalue weighted by molar-refractivity contribution is 6.35. The Balaban J connectivity index is 1.52. The Hall–Kier alpha value is -2.75. The van der Waals surface area contributed by atoms with Crippen molar-refractivity contribution in [3.8, 4) is 11.3 Å². The summed E-state index contributed by atoms with van der Waals surface area (Å²) in [6.45, 7) is 0.411. The van der Waals surface area contributed by atoms with Gasteiger partial charge in [0.15, 0.2) is 5.76 Å². The fraction of sp³-hybridized carbons (Fsp3) is 0.0455. The van der Waals surface area contributed by atoms with Crippen molar-refractivity contribution in [3.63, 3.8) is 0 Å². The standard InChI is InChI=1S/C22H15Cl2NO2/c23-16-8-9-19(24)18(12-16)20-10-11-21(27-20)22(26)25-13-15-6-3-5-14-4-1-2-7-17(14)15/h1-12H,13H2,(H,25,26). The maximum absolute atomic E-state index is 12.5. The molecule has 134 valence electrons. The highest BCUT2D eigenvalue weighted by Gasteiger charge is 2.14. The van der Waals surface area contributed by atoms with Gasteiger partial charge in [-0.1, -0.05) is 65.7 Å². The van der Waals surface area contributed by atoms with Crippen LogP contribution in [0, 0.1) is 0 Å². The van der Waals surface area contributed by atoms with Gasteiger partial charge in [0.1, 0.15) is 5.76 Å². The third kappa shape index (κ3) is 3.70. The van der Waals surface area contributed by atoms with Crippen molar-refractivity contribution in [2.24, 2.45) is 0 Å². The van der Waals surface area contributed by atoms with Crippen LogP contribution in [0.15, 0.2) is 77.2 Å². The van der Waals surface area contributed by atoms with Crippen molar-refractivity contribution < 1.29 is 9.21 Å². The van der Waals surface area contributed by atoms with E-state index in [-0.39, 0.29) is 11.7 Å². The monoisotopic (exact) mass is 395 g/mol. The molecule has 1 amide bonds. The van der Waals surface area contributed by atoms with Gasteiger partial charge in [-0.15, -0.1) is 0 Å². The Morgan fingerprint density at radius 2 is 1.74 bits per heavy atom. The molecule has 0 aliphatic heterocycles. The van der Waals surface area contributed by atoms with E-state index in [0.29, 0.717) is 27.9 Å². The predicted octanol–water partition coefficient (Wildman–Crippen LogP) is 6.34. The maximum atomic E-state index is 12.5. The third-order valence-corrected chi connectivity index (χ3v) is 4.91. The SMILES string of the molecule is O=C(NCc1cccc2ccccc12)c1ccc(-c2cc(Cl)ccc2Cl)o1. The largest absolute Gasteiger partial charge is 0.451 e. The van der Waals surface area contributed by atoms with Crippen LogP contribution in [0.25, 0.3) is 22.1 Å². The van der Waals surface area contributed by atoms with Gasteiger partial charge in [0.05, 0.1) is 5.02 Å². The molecule has 4 aromatic rings. The molecule has 0 saturated heterocycles. The number of carbonyl (C=O) groups excluding carboxylic acids is 1. The van der Waals surface area contributed by atoms with Crippen LogP contribution in [0.2, 0.25) is 10.0 Å². The van der Waals surface area contributed by atoms with E-state index in [4.69, 9.17) is 27.6 Å². The fourth-order valence-corrected chi connectivity index (χ4v) is 3.38. The van der Waals surface area contributed by atoms with E-state index in [1.807, 2.05) is 42.5 Å². The van der Waals surface area contributed by atoms with E-state index in [1.165, 1.54) is 0 Å². The second-order valence-electron chi connectivity index (χ2n) is 6.11. The van der Waals surface area contributed by atoms with Crippen LogP contribution in [-0.2, 0) is 6.54 Å². The summed E-state index contributed by atoms with van der Waals surface area (Å²) in [5, 5.41) is 6.22. The Morgan fingerprint density at radius 1 is 0.926 bits per heavy atom. The second kappa shape index (κ2) is 7.47. The zero-order valence-electron chi connectivity index (χ0n) is 14.2. The Bertz CT molecular complexity index is 1130. The molecule has 3 nitrogen and oxygen atoms in total. The summed E-state index contributed by atoms with van der Waals surface area (Å²) < 4.78 is 5.69. The third-order valence-electron chi connectivity index (χ3n) is 4.34. The normalized spacial score (nSPS) is 10.9. The molecular formula is C22H15Cl2NO2. The van der Waals surface area contributed by atoms with Gasteiger partial charge in [0, 0.05) is 17.1 Å². The smallest absolute Gasteiger partial charge is 0.287 e. The average Bonchev–Trinajstić information content (AvgIpc) is 3.18. The fourth-order valence-electron chi connectivity index (χ4n) is 3.00. The molecule has 5 heteroatoms. The lowest BCUT2D eigenvalue weighted by atomic mass is 10.0. The van der Waals surface area contributed by atoms with Crippen LogP contribution in [0.1, 0.15) is 16.1 Å². The molecule has 0 bridgehead atoms. The first-order valence-corrected chi connectivity index (χ1v) is 9.17. The number of fused-ring (bicyclic) bond motifs is 1. The molecule has 0 radical (unpaired) electrons. The molecule has 0 spiro atoms. The summed E-state index contributed by atoms with van der Waals surface area (Å²) in [5.74, 6) is 0.437. The molecule has 1 aromatic heterocycles. The minimum atomic E-state index is -0.285. The second-order valence-corrected chi connectivity index (χ2v) is 6.95. The van der Waals surface area contributed by atoms with Crippen LogP contribution in [0.5, 0.6) is 0 Å². The van der Waals surface area contributed by atoms with Crippen molar-refractivity contribution >= 4 is 39.9 Å². The maximum Gasteiger partial charge on any atom is 0.287 e. The number of halogens is 2. The molecule has 0 atom stereocenters. The van der Waals surface area contributed by atoms with Crippen LogP contribution < -0.4 is 5.32 Å². The molecule has 1 N–H and O–H groups in total. The van der Waals surface area contributed by atoms with Gasteiger partial charge in [-0.05, 0) is 46.7 Å². The molecule has 0 saturated carbocycles. The van der Waals surface area contributed by atoms with Crippen molar-refractivity contribution in [1.82, 2.24) is 5.32 Å². The van der Waals surface area contributed by atoms with Gasteiger partial charge in [-0.2, -0.15) is 0 Å². The summed E-state index contributed by atoms with van der Waals surface area (Å²) in [5.41, 5.74) is 1.70. The van der Waals surface area contributed by atoms with Crippen molar-refractivity contribution in [1.29, 1.82) is 0 Å². The first-order chi connectivity index (χ1) is 13.1. The van der Waals surface area contributed by atoms with E-state index in [9.17, 15) is 4.79 Å². The average molecular weight is 396 g/mol. The molecule has 0 aliphatic rings. The zero-order valence-corrected chi connectivity index (χ0v) is 15.7. The lowest BCUT2D eigenvalue weighted by molar-refractivity contribution is 0.0924. The van der Waals surface area contributed by atoms with Gasteiger partial charge < -0.3 is 9.73 Å². The number of carbonyl (C=O) groups is 1. The van der Waals surface area contributed by atoms with Crippen LogP contribution in [-0.4, -0.2) is 5.91 Å². The Labute approximate surface area is 166 Å². The minimum absolute atomic E-state index is 0.223. The summed E-state index contributed by atoms with van der Waals surface area (Å²) in [6, 6.07) is 22.6. The Kier molecular flexibility index (Phi) is 4.88. The lowest BCUT2D eigenvalue weighted by Gasteiger charge is -2.07. The summed E-state index contributed by atoms with van der Waals surface area (Å²) >= 11 is 12.2. The minimum Gasteiger partial charge on any atom is -0.451 e. The van der Waals surface area contributed by atoms with Crippen molar-refractivity contribution in [2.75, 3.05) is 0 Å². The molecule has 1 heterocycles. The highest BCUT2D eigenvalue weighted by Crippen LogP contribution is 2.31. The van der Waals surface area contributed by atoms with Crippen LogP contribution in [0.4, 0.5) is 0 Å². The predicted molar refractivity (Wildman–Crippen MR) is 109 cm³/mol. The van der Waals surface area contributed by atoms with E-state index in [0.717, 1.165) is 16.3 Å². The number of hydrogen-bond donors (Lipinski definition) is 1. The number of benzene rings is 3. The van der Waals surface area contributed by atoms with Crippen molar-refractivity contribution in [2.45, 2.75) is 6.54 Å². The van der Waals surface area contributed by atoms with Gasteiger partial charge in [0.2, 0.25) is 0 Å². The highest BCUT2D eigenvalue weighted by atomic mass is 35.5. The molecule has 0 aliphatic carbocycles. The van der Waals surface area contributed by atoms with Gasteiger partial charge in [-0.3, -0.25) is 4.79 Å². The number of amides is 1. The first kappa shape index (κ1) is 17.7. The van der Waals surface area contributed by atoms with Crippen molar-refractivity contribution in [3.05, 3.63) is 94.2 Å². The molecule has 3 aromatic carbocycles. The quantitative estimate of drug-likeness (QED) is 0.438. The number of nitrogens with one attached hydrogen (secondary N) is 1. The van der Waals surface area contributed by atoms with Crippen LogP contribution >= 0.6 is 23.2 Å². The topological polar surface area (TPSA) is 42.2 Å². The number of furan rings is 1. The first-order valence-electron chi connectivity index (χ1n) is 8.42.